The molecule has 4 heteroatoms. The molecule has 0 spiro atoms. The van der Waals surface area contributed by atoms with E-state index < -0.39 is 5.91 Å². The largest absolute Gasteiger partial charge is 0.469 e. The zero-order valence-corrected chi connectivity index (χ0v) is 9.18. The lowest BCUT2D eigenvalue weighted by atomic mass is 9.92. The molecule has 1 unspecified atom stereocenters. The maximum atomic E-state index is 11.2. The van der Waals surface area contributed by atoms with Gasteiger partial charge in [-0.25, -0.2) is 0 Å². The molecule has 1 atom stereocenters. The van der Waals surface area contributed by atoms with Crippen molar-refractivity contribution >= 4 is 11.9 Å². The van der Waals surface area contributed by atoms with E-state index in [1.54, 1.807) is 0 Å². The Morgan fingerprint density at radius 3 is 2.38 bits per heavy atom. The minimum absolute atomic E-state index is 0.152. The number of benzene rings is 1. The second-order valence-corrected chi connectivity index (χ2v) is 3.56. The Hall–Kier alpha value is -1.84. The third kappa shape index (κ3) is 3.73. The van der Waals surface area contributed by atoms with Crippen LogP contribution in [0.4, 0.5) is 0 Å². The summed E-state index contributed by atoms with van der Waals surface area (Å²) in [6.07, 6.45) is 0.322. The fourth-order valence-electron chi connectivity index (χ4n) is 1.56. The van der Waals surface area contributed by atoms with Gasteiger partial charge in [0.25, 0.3) is 0 Å². The minimum Gasteiger partial charge on any atom is -0.469 e. The highest BCUT2D eigenvalue weighted by molar-refractivity contribution is 5.77. The molecule has 86 valence electrons. The molecule has 0 bridgehead atoms. The van der Waals surface area contributed by atoms with Crippen molar-refractivity contribution in [1.29, 1.82) is 0 Å². The molecule has 0 aliphatic rings. The number of hydrogen-bond donors (Lipinski definition) is 1. The van der Waals surface area contributed by atoms with E-state index in [9.17, 15) is 9.59 Å². The summed E-state index contributed by atoms with van der Waals surface area (Å²) in [7, 11) is 1.33. The molecular formula is C12H15NO3. The maximum Gasteiger partial charge on any atom is 0.306 e. The van der Waals surface area contributed by atoms with Crippen LogP contribution in [0, 0.1) is 0 Å². The second-order valence-electron chi connectivity index (χ2n) is 3.56. The normalized spacial score (nSPS) is 11.8. The molecule has 0 aliphatic carbocycles. The monoisotopic (exact) mass is 221 g/mol. The lowest BCUT2D eigenvalue weighted by molar-refractivity contribution is -0.141. The van der Waals surface area contributed by atoms with Crippen molar-refractivity contribution in [2.75, 3.05) is 7.11 Å². The molecule has 1 amide bonds. The number of rotatable bonds is 5. The summed E-state index contributed by atoms with van der Waals surface area (Å²) in [5.41, 5.74) is 6.08. The third-order valence-electron chi connectivity index (χ3n) is 2.36. The van der Waals surface area contributed by atoms with Gasteiger partial charge in [0.15, 0.2) is 0 Å². The lowest BCUT2D eigenvalue weighted by Gasteiger charge is -2.14. The van der Waals surface area contributed by atoms with E-state index in [0.29, 0.717) is 0 Å². The van der Waals surface area contributed by atoms with Crippen molar-refractivity contribution in [2.24, 2.45) is 5.73 Å². The molecule has 0 aliphatic heterocycles. The van der Waals surface area contributed by atoms with Gasteiger partial charge in [-0.05, 0) is 5.56 Å². The van der Waals surface area contributed by atoms with Crippen LogP contribution in [0.3, 0.4) is 0 Å². The number of esters is 1. The van der Waals surface area contributed by atoms with E-state index >= 15 is 0 Å². The average Bonchev–Trinajstić information content (AvgIpc) is 2.28. The maximum absolute atomic E-state index is 11.2. The zero-order valence-electron chi connectivity index (χ0n) is 9.18. The van der Waals surface area contributed by atoms with E-state index in [0.717, 1.165) is 5.56 Å². The summed E-state index contributed by atoms with van der Waals surface area (Å²) in [6.45, 7) is 0. The summed E-state index contributed by atoms with van der Waals surface area (Å²) in [6, 6.07) is 9.34. The standard InChI is InChI=1S/C12H15NO3/c1-16-12(15)8-10(7-11(13)14)9-5-3-2-4-6-9/h2-6,10H,7-8H2,1H3,(H2,13,14). The summed E-state index contributed by atoms with van der Waals surface area (Å²) in [5.74, 6) is -0.959. The van der Waals surface area contributed by atoms with E-state index in [4.69, 9.17) is 5.73 Å². The Bertz CT molecular complexity index is 362. The van der Waals surface area contributed by atoms with Gasteiger partial charge in [-0.1, -0.05) is 30.3 Å². The van der Waals surface area contributed by atoms with Crippen molar-refractivity contribution in [3.63, 3.8) is 0 Å². The number of nitrogens with two attached hydrogens (primary N) is 1. The first-order valence-corrected chi connectivity index (χ1v) is 5.03. The quantitative estimate of drug-likeness (QED) is 0.760. The minimum atomic E-state index is -0.419. The Labute approximate surface area is 94.4 Å². The summed E-state index contributed by atoms with van der Waals surface area (Å²) in [4.78, 5) is 22.1. The van der Waals surface area contributed by atoms with Gasteiger partial charge in [-0.2, -0.15) is 0 Å². The van der Waals surface area contributed by atoms with Crippen LogP contribution >= 0.6 is 0 Å². The van der Waals surface area contributed by atoms with Gasteiger partial charge in [0.2, 0.25) is 5.91 Å². The van der Waals surface area contributed by atoms with E-state index in [2.05, 4.69) is 4.74 Å². The SMILES string of the molecule is COC(=O)CC(CC(N)=O)c1ccccc1. The van der Waals surface area contributed by atoms with E-state index in [1.165, 1.54) is 7.11 Å². The van der Waals surface area contributed by atoms with Gasteiger partial charge in [0.1, 0.15) is 0 Å². The highest BCUT2D eigenvalue weighted by Crippen LogP contribution is 2.23. The number of ether oxygens (including phenoxy) is 1. The molecule has 1 rings (SSSR count). The molecule has 0 heterocycles. The molecule has 0 aromatic heterocycles. The van der Waals surface area contributed by atoms with Crippen LogP contribution in [0.5, 0.6) is 0 Å². The molecular weight excluding hydrogens is 206 g/mol. The Balaban J connectivity index is 2.79. The van der Waals surface area contributed by atoms with Gasteiger partial charge in [0, 0.05) is 12.3 Å². The van der Waals surface area contributed by atoms with Crippen molar-refractivity contribution in [1.82, 2.24) is 0 Å². The van der Waals surface area contributed by atoms with Crippen molar-refractivity contribution in [3.8, 4) is 0 Å². The molecule has 0 saturated carbocycles. The van der Waals surface area contributed by atoms with E-state index in [-0.39, 0.29) is 24.7 Å². The van der Waals surface area contributed by atoms with Crippen molar-refractivity contribution < 1.29 is 14.3 Å². The van der Waals surface area contributed by atoms with Crippen molar-refractivity contribution in [3.05, 3.63) is 35.9 Å². The molecule has 2 N–H and O–H groups in total. The highest BCUT2D eigenvalue weighted by Gasteiger charge is 2.18. The van der Waals surface area contributed by atoms with Crippen LogP contribution in [-0.4, -0.2) is 19.0 Å². The van der Waals surface area contributed by atoms with Crippen LogP contribution in [0.1, 0.15) is 24.3 Å². The Morgan fingerprint density at radius 1 is 1.25 bits per heavy atom. The van der Waals surface area contributed by atoms with Gasteiger partial charge >= 0.3 is 5.97 Å². The molecule has 0 saturated heterocycles. The average molecular weight is 221 g/mol. The molecule has 1 aromatic carbocycles. The fourth-order valence-corrected chi connectivity index (χ4v) is 1.56. The smallest absolute Gasteiger partial charge is 0.306 e. The van der Waals surface area contributed by atoms with Crippen LogP contribution in [0.25, 0.3) is 0 Å². The predicted octanol–water partition coefficient (Wildman–Crippen LogP) is 1.21. The highest BCUT2D eigenvalue weighted by atomic mass is 16.5. The lowest BCUT2D eigenvalue weighted by Crippen LogP contribution is -2.18. The summed E-state index contributed by atoms with van der Waals surface area (Å²) < 4.78 is 4.59. The fraction of sp³-hybridized carbons (Fsp3) is 0.333. The first-order chi connectivity index (χ1) is 7.63. The second kappa shape index (κ2) is 5.90. The van der Waals surface area contributed by atoms with Crippen LogP contribution < -0.4 is 5.73 Å². The van der Waals surface area contributed by atoms with E-state index in [1.807, 2.05) is 30.3 Å². The number of carbonyl (C=O) groups excluding carboxylic acids is 2. The number of carbonyl (C=O) groups is 2. The van der Waals surface area contributed by atoms with Gasteiger partial charge in [-0.15, -0.1) is 0 Å². The number of primary amides is 1. The first-order valence-electron chi connectivity index (χ1n) is 5.03. The summed E-state index contributed by atoms with van der Waals surface area (Å²) in [5, 5.41) is 0. The predicted molar refractivity (Wildman–Crippen MR) is 59.6 cm³/mol. The van der Waals surface area contributed by atoms with Crippen molar-refractivity contribution in [2.45, 2.75) is 18.8 Å². The Morgan fingerprint density at radius 2 is 1.88 bits per heavy atom. The Kier molecular flexibility index (Phi) is 4.51. The topological polar surface area (TPSA) is 69.4 Å². The molecule has 4 nitrogen and oxygen atoms in total. The third-order valence-corrected chi connectivity index (χ3v) is 2.36. The number of amides is 1. The number of methoxy groups -OCH3 is 1. The molecule has 0 radical (unpaired) electrons. The molecule has 16 heavy (non-hydrogen) atoms. The van der Waals surface area contributed by atoms with Gasteiger partial charge in [-0.3, -0.25) is 9.59 Å². The van der Waals surface area contributed by atoms with Crippen LogP contribution in [0.15, 0.2) is 30.3 Å². The van der Waals surface area contributed by atoms with Crippen LogP contribution in [-0.2, 0) is 14.3 Å². The zero-order chi connectivity index (χ0) is 12.0. The number of hydrogen-bond acceptors (Lipinski definition) is 3. The molecule has 1 aromatic rings. The first kappa shape index (κ1) is 12.2. The van der Waals surface area contributed by atoms with Gasteiger partial charge in [0.05, 0.1) is 13.5 Å². The summed E-state index contributed by atoms with van der Waals surface area (Å²) >= 11 is 0. The van der Waals surface area contributed by atoms with Gasteiger partial charge < -0.3 is 10.5 Å². The van der Waals surface area contributed by atoms with Crippen LogP contribution in [0.2, 0.25) is 0 Å². The molecule has 0 fully saturated rings.